The lowest BCUT2D eigenvalue weighted by atomic mass is 10.2. The Morgan fingerprint density at radius 3 is 2.37 bits per heavy atom. The lowest BCUT2D eigenvalue weighted by Crippen LogP contribution is -2.07. The molecule has 0 atom stereocenters. The maximum Gasteiger partial charge on any atom is 0.163 e. The summed E-state index contributed by atoms with van der Waals surface area (Å²) in [6.07, 6.45) is 0.161. The number of aryl methyl sites for hydroxylation is 1. The molecular weight excluding hydrogens is 240 g/mol. The minimum Gasteiger partial charge on any atom is -0.491 e. The summed E-state index contributed by atoms with van der Waals surface area (Å²) in [5, 5.41) is 0. The van der Waals surface area contributed by atoms with E-state index in [4.69, 9.17) is 10.5 Å². The molecule has 0 spiro atoms. The van der Waals surface area contributed by atoms with Gasteiger partial charge in [0.05, 0.1) is 12.6 Å². The molecule has 19 heavy (non-hydrogen) atoms. The van der Waals surface area contributed by atoms with Gasteiger partial charge in [0.1, 0.15) is 17.4 Å². The van der Waals surface area contributed by atoms with E-state index in [2.05, 4.69) is 15.0 Å². The van der Waals surface area contributed by atoms with Gasteiger partial charge in [0.2, 0.25) is 0 Å². The van der Waals surface area contributed by atoms with E-state index < -0.39 is 0 Å². The third-order valence-electron chi connectivity index (χ3n) is 2.46. The molecule has 2 N–H and O–H groups in total. The first-order valence-electron chi connectivity index (χ1n) is 6.27. The molecule has 0 unspecified atom stereocenters. The molecule has 0 fully saturated rings. The van der Waals surface area contributed by atoms with Gasteiger partial charge in [-0.15, -0.1) is 0 Å². The van der Waals surface area contributed by atoms with Crippen LogP contribution in [0.2, 0.25) is 0 Å². The minimum absolute atomic E-state index is 0.161. The van der Waals surface area contributed by atoms with Crippen LogP contribution in [0, 0.1) is 6.92 Å². The van der Waals surface area contributed by atoms with E-state index in [1.165, 1.54) is 0 Å². The fourth-order valence-corrected chi connectivity index (χ4v) is 1.71. The van der Waals surface area contributed by atoms with Gasteiger partial charge in [-0.1, -0.05) is 0 Å². The van der Waals surface area contributed by atoms with Crippen molar-refractivity contribution in [3.05, 3.63) is 35.9 Å². The van der Waals surface area contributed by atoms with Crippen molar-refractivity contribution in [3.63, 3.8) is 0 Å². The zero-order valence-corrected chi connectivity index (χ0v) is 11.4. The average Bonchev–Trinajstić information content (AvgIpc) is 2.38. The van der Waals surface area contributed by atoms with Gasteiger partial charge in [-0.25, -0.2) is 15.0 Å². The Hall–Kier alpha value is -2.01. The van der Waals surface area contributed by atoms with Crippen molar-refractivity contribution in [1.82, 2.24) is 15.0 Å². The molecule has 100 valence electrons. The number of hydrogen-bond donors (Lipinski definition) is 1. The molecule has 2 aromatic rings. The predicted octanol–water partition coefficient (Wildman–Crippen LogP) is 2.09. The van der Waals surface area contributed by atoms with Crippen molar-refractivity contribution in [2.24, 2.45) is 5.73 Å². The summed E-state index contributed by atoms with van der Waals surface area (Å²) in [4.78, 5) is 12.8. The summed E-state index contributed by atoms with van der Waals surface area (Å²) in [6.45, 7) is 6.14. The second-order valence-electron chi connectivity index (χ2n) is 4.52. The Kier molecular flexibility index (Phi) is 4.06. The number of nitrogens with two attached hydrogens (primary N) is 1. The van der Waals surface area contributed by atoms with E-state index in [9.17, 15) is 0 Å². The molecule has 0 saturated heterocycles. The minimum atomic E-state index is 0.161. The predicted molar refractivity (Wildman–Crippen MR) is 73.7 cm³/mol. The number of aromatic nitrogens is 3. The highest BCUT2D eigenvalue weighted by Crippen LogP contribution is 2.20. The molecule has 2 rings (SSSR count). The summed E-state index contributed by atoms with van der Waals surface area (Å²) in [5.41, 5.74) is 6.50. The van der Waals surface area contributed by atoms with Crippen molar-refractivity contribution >= 4 is 0 Å². The smallest absolute Gasteiger partial charge is 0.163 e. The van der Waals surface area contributed by atoms with Gasteiger partial charge in [-0.3, -0.25) is 0 Å². The molecule has 1 heterocycles. The Morgan fingerprint density at radius 1 is 1.11 bits per heavy atom. The zero-order valence-electron chi connectivity index (χ0n) is 11.4. The molecule has 1 aromatic carbocycles. The van der Waals surface area contributed by atoms with E-state index in [0.29, 0.717) is 24.0 Å². The number of rotatable bonds is 4. The van der Waals surface area contributed by atoms with Gasteiger partial charge in [0.25, 0.3) is 0 Å². The standard InChI is InChI=1S/C14H18N4O/c1-9(2)19-12-6-4-11(5-7-12)14-17-10(3)16-13(8-15)18-14/h4-7,9H,8,15H2,1-3H3. The molecule has 0 radical (unpaired) electrons. The first-order valence-corrected chi connectivity index (χ1v) is 6.27. The second-order valence-corrected chi connectivity index (χ2v) is 4.52. The van der Waals surface area contributed by atoms with Gasteiger partial charge in [0, 0.05) is 5.56 Å². The van der Waals surface area contributed by atoms with Crippen molar-refractivity contribution in [1.29, 1.82) is 0 Å². The lowest BCUT2D eigenvalue weighted by molar-refractivity contribution is 0.242. The van der Waals surface area contributed by atoms with E-state index in [-0.39, 0.29) is 6.10 Å². The van der Waals surface area contributed by atoms with E-state index in [0.717, 1.165) is 11.3 Å². The van der Waals surface area contributed by atoms with Gasteiger partial charge in [-0.2, -0.15) is 0 Å². The highest BCUT2D eigenvalue weighted by atomic mass is 16.5. The summed E-state index contributed by atoms with van der Waals surface area (Å²) >= 11 is 0. The molecule has 5 nitrogen and oxygen atoms in total. The molecule has 0 amide bonds. The quantitative estimate of drug-likeness (QED) is 0.909. The maximum absolute atomic E-state index is 5.60. The van der Waals surface area contributed by atoms with Gasteiger partial charge < -0.3 is 10.5 Å². The second kappa shape index (κ2) is 5.75. The van der Waals surface area contributed by atoms with E-state index in [1.54, 1.807) is 0 Å². The monoisotopic (exact) mass is 258 g/mol. The van der Waals surface area contributed by atoms with Crippen LogP contribution in [0.1, 0.15) is 25.5 Å². The molecular formula is C14H18N4O. The fourth-order valence-electron chi connectivity index (χ4n) is 1.71. The first kappa shape index (κ1) is 13.4. The van der Waals surface area contributed by atoms with Crippen molar-refractivity contribution in [2.75, 3.05) is 0 Å². The summed E-state index contributed by atoms with van der Waals surface area (Å²) in [5.74, 6) is 2.76. The maximum atomic E-state index is 5.60. The highest BCUT2D eigenvalue weighted by Gasteiger charge is 2.06. The van der Waals surface area contributed by atoms with E-state index in [1.807, 2.05) is 45.0 Å². The highest BCUT2D eigenvalue weighted by molar-refractivity contribution is 5.56. The van der Waals surface area contributed by atoms with Crippen LogP contribution in [0.15, 0.2) is 24.3 Å². The Balaban J connectivity index is 2.29. The normalized spacial score (nSPS) is 10.8. The van der Waals surface area contributed by atoms with Gasteiger partial charge >= 0.3 is 0 Å². The van der Waals surface area contributed by atoms with Gasteiger partial charge in [0.15, 0.2) is 5.82 Å². The molecule has 0 aliphatic carbocycles. The van der Waals surface area contributed by atoms with E-state index >= 15 is 0 Å². The largest absolute Gasteiger partial charge is 0.491 e. The topological polar surface area (TPSA) is 73.9 Å². The molecule has 0 aliphatic heterocycles. The van der Waals surface area contributed by atoms with Crippen LogP contribution in [0.4, 0.5) is 0 Å². The van der Waals surface area contributed by atoms with Crippen molar-refractivity contribution in [3.8, 4) is 17.1 Å². The van der Waals surface area contributed by atoms with Crippen LogP contribution in [-0.2, 0) is 6.54 Å². The average molecular weight is 258 g/mol. The summed E-state index contributed by atoms with van der Waals surface area (Å²) in [6, 6.07) is 7.70. The Bertz CT molecular complexity index is 552. The SMILES string of the molecule is Cc1nc(CN)nc(-c2ccc(OC(C)C)cc2)n1. The number of benzene rings is 1. The first-order chi connectivity index (χ1) is 9.08. The van der Waals surface area contributed by atoms with Crippen LogP contribution in [0.25, 0.3) is 11.4 Å². The molecule has 5 heteroatoms. The number of ether oxygens (including phenoxy) is 1. The summed E-state index contributed by atoms with van der Waals surface area (Å²) in [7, 11) is 0. The third-order valence-corrected chi connectivity index (χ3v) is 2.46. The summed E-state index contributed by atoms with van der Waals surface area (Å²) < 4.78 is 5.60. The molecule has 1 aromatic heterocycles. The molecule has 0 aliphatic rings. The Morgan fingerprint density at radius 2 is 1.79 bits per heavy atom. The van der Waals surface area contributed by atoms with Crippen LogP contribution >= 0.6 is 0 Å². The number of hydrogen-bond acceptors (Lipinski definition) is 5. The van der Waals surface area contributed by atoms with Crippen molar-refractivity contribution < 1.29 is 4.74 Å². The van der Waals surface area contributed by atoms with Crippen LogP contribution < -0.4 is 10.5 Å². The molecule has 0 bridgehead atoms. The zero-order chi connectivity index (χ0) is 13.8. The number of nitrogens with zero attached hydrogens (tertiary/aromatic N) is 3. The van der Waals surface area contributed by atoms with Crippen molar-refractivity contribution in [2.45, 2.75) is 33.4 Å². The van der Waals surface area contributed by atoms with Crippen LogP contribution in [0.3, 0.4) is 0 Å². The van der Waals surface area contributed by atoms with Crippen LogP contribution in [0.5, 0.6) is 5.75 Å². The molecule has 0 saturated carbocycles. The Labute approximate surface area is 112 Å². The van der Waals surface area contributed by atoms with Crippen LogP contribution in [-0.4, -0.2) is 21.1 Å². The third kappa shape index (κ3) is 3.48. The van der Waals surface area contributed by atoms with Gasteiger partial charge in [-0.05, 0) is 45.0 Å². The fraction of sp³-hybridized carbons (Fsp3) is 0.357. The lowest BCUT2D eigenvalue weighted by Gasteiger charge is -2.10.